The highest BCUT2D eigenvalue weighted by Crippen LogP contribution is 2.33. The Morgan fingerprint density at radius 2 is 2.00 bits per heavy atom. The molecule has 0 unspecified atom stereocenters. The maximum Gasteiger partial charge on any atom is 0.179 e. The highest BCUT2D eigenvalue weighted by atomic mass is 32.2. The van der Waals surface area contributed by atoms with E-state index in [-0.39, 0.29) is 0 Å². The van der Waals surface area contributed by atoms with E-state index >= 15 is 0 Å². The highest BCUT2D eigenvalue weighted by Gasteiger charge is 2.07. The largest absolute Gasteiger partial charge is 0.312 e. The lowest BCUT2D eigenvalue weighted by Gasteiger charge is -2.10. The molecule has 1 aromatic carbocycles. The summed E-state index contributed by atoms with van der Waals surface area (Å²) in [4.78, 5) is 1.23. The quantitative estimate of drug-likeness (QED) is 0.754. The number of nitrogens with one attached hydrogen (secondary N) is 1. The Labute approximate surface area is 139 Å². The summed E-state index contributed by atoms with van der Waals surface area (Å²) in [7, 11) is 0. The number of aryl methyl sites for hydroxylation is 1. The number of hydrogen-bond donors (Lipinski definition) is 1. The zero-order valence-electron chi connectivity index (χ0n) is 12.8. The molecule has 0 saturated heterocycles. The molecule has 21 heavy (non-hydrogen) atoms. The summed E-state index contributed by atoms with van der Waals surface area (Å²) in [6, 6.07) is 6.61. The van der Waals surface area contributed by atoms with Gasteiger partial charge in [0.05, 0.1) is 0 Å². The van der Waals surface area contributed by atoms with Crippen LogP contribution in [0.25, 0.3) is 0 Å². The average Bonchev–Trinajstić information content (AvgIpc) is 2.88. The molecule has 0 aliphatic heterocycles. The Balaban J connectivity index is 1.97. The van der Waals surface area contributed by atoms with Crippen molar-refractivity contribution in [3.63, 3.8) is 0 Å². The van der Waals surface area contributed by atoms with E-state index in [0.29, 0.717) is 5.92 Å². The van der Waals surface area contributed by atoms with E-state index in [2.05, 4.69) is 54.5 Å². The van der Waals surface area contributed by atoms with Crippen LogP contribution in [0.15, 0.2) is 31.8 Å². The molecular weight excluding hydrogens is 318 g/mol. The third-order valence-electron chi connectivity index (χ3n) is 2.95. The summed E-state index contributed by atoms with van der Waals surface area (Å²) in [5, 5.41) is 11.8. The summed E-state index contributed by atoms with van der Waals surface area (Å²) >= 11 is 4.97. The van der Waals surface area contributed by atoms with Crippen LogP contribution in [0.4, 0.5) is 0 Å². The molecular formula is C15H21N3S3. The second-order valence-corrected chi connectivity index (χ2v) is 8.60. The van der Waals surface area contributed by atoms with Crippen molar-refractivity contribution in [2.75, 3.05) is 12.8 Å². The molecule has 3 nitrogen and oxygen atoms in total. The van der Waals surface area contributed by atoms with Crippen LogP contribution in [0.5, 0.6) is 0 Å². The molecule has 0 aliphatic carbocycles. The van der Waals surface area contributed by atoms with E-state index in [4.69, 9.17) is 0 Å². The van der Waals surface area contributed by atoms with Crippen molar-refractivity contribution in [3.8, 4) is 0 Å². The lowest BCUT2D eigenvalue weighted by atomic mass is 10.1. The lowest BCUT2D eigenvalue weighted by molar-refractivity contribution is 0.551. The number of rotatable bonds is 7. The first kappa shape index (κ1) is 16.8. The van der Waals surface area contributed by atoms with Gasteiger partial charge in [-0.15, -0.1) is 10.2 Å². The summed E-state index contributed by atoms with van der Waals surface area (Å²) in [6.07, 6.45) is 2.03. The van der Waals surface area contributed by atoms with Gasteiger partial charge in [-0.1, -0.05) is 54.8 Å². The predicted octanol–water partition coefficient (Wildman–Crippen LogP) is 4.47. The third-order valence-corrected chi connectivity index (χ3v) is 5.89. The van der Waals surface area contributed by atoms with Crippen LogP contribution in [0, 0.1) is 12.8 Å². The second kappa shape index (κ2) is 8.17. The molecule has 114 valence electrons. The van der Waals surface area contributed by atoms with E-state index in [1.54, 1.807) is 34.9 Å². The fourth-order valence-electron chi connectivity index (χ4n) is 1.85. The van der Waals surface area contributed by atoms with Gasteiger partial charge in [-0.05, 0) is 48.9 Å². The van der Waals surface area contributed by atoms with Crippen LogP contribution in [0.3, 0.4) is 0 Å². The van der Waals surface area contributed by atoms with Crippen LogP contribution in [-0.2, 0) is 6.54 Å². The number of nitrogens with zero attached hydrogens (tertiary/aromatic N) is 2. The minimum atomic E-state index is 0.683. The maximum atomic E-state index is 4.20. The van der Waals surface area contributed by atoms with Gasteiger partial charge < -0.3 is 5.32 Å². The summed E-state index contributed by atoms with van der Waals surface area (Å²) in [5.41, 5.74) is 2.69. The van der Waals surface area contributed by atoms with Gasteiger partial charge in [0, 0.05) is 11.4 Å². The monoisotopic (exact) mass is 339 g/mol. The molecule has 1 N–H and O–H groups in total. The molecule has 0 atom stereocenters. The minimum Gasteiger partial charge on any atom is -0.312 e. The van der Waals surface area contributed by atoms with Gasteiger partial charge in [-0.25, -0.2) is 0 Å². The molecule has 6 heteroatoms. The predicted molar refractivity (Wildman–Crippen MR) is 93.5 cm³/mol. The molecule has 0 radical (unpaired) electrons. The molecule has 0 bridgehead atoms. The van der Waals surface area contributed by atoms with E-state index in [0.717, 1.165) is 21.8 Å². The number of hydrogen-bond acceptors (Lipinski definition) is 6. The summed E-state index contributed by atoms with van der Waals surface area (Å²) < 4.78 is 2.02. The topological polar surface area (TPSA) is 37.8 Å². The number of benzene rings is 1. The average molecular weight is 340 g/mol. The first-order chi connectivity index (χ1) is 10.1. The Morgan fingerprint density at radius 1 is 1.24 bits per heavy atom. The van der Waals surface area contributed by atoms with Gasteiger partial charge in [-0.2, -0.15) is 0 Å². The zero-order chi connectivity index (χ0) is 15.2. The maximum absolute atomic E-state index is 4.20. The van der Waals surface area contributed by atoms with Gasteiger partial charge in [0.1, 0.15) is 0 Å². The van der Waals surface area contributed by atoms with Gasteiger partial charge >= 0.3 is 0 Å². The molecule has 0 saturated carbocycles. The lowest BCUT2D eigenvalue weighted by Crippen LogP contribution is -2.19. The van der Waals surface area contributed by atoms with Crippen molar-refractivity contribution in [3.05, 3.63) is 29.3 Å². The Bertz CT molecular complexity index is 581. The van der Waals surface area contributed by atoms with Gasteiger partial charge in [0.25, 0.3) is 0 Å². The van der Waals surface area contributed by atoms with Gasteiger partial charge in [-0.3, -0.25) is 0 Å². The van der Waals surface area contributed by atoms with Crippen LogP contribution < -0.4 is 5.32 Å². The summed E-state index contributed by atoms with van der Waals surface area (Å²) in [6.45, 7) is 8.61. The van der Waals surface area contributed by atoms with Crippen molar-refractivity contribution in [2.24, 2.45) is 5.92 Å². The van der Waals surface area contributed by atoms with Crippen LogP contribution in [-0.4, -0.2) is 23.0 Å². The number of thioether (sulfide) groups is 1. The van der Waals surface area contributed by atoms with Gasteiger partial charge in [0.15, 0.2) is 8.68 Å². The third kappa shape index (κ3) is 5.29. The highest BCUT2D eigenvalue weighted by molar-refractivity contribution is 8.03. The van der Waals surface area contributed by atoms with Crippen LogP contribution in [0.2, 0.25) is 0 Å². The van der Waals surface area contributed by atoms with E-state index in [9.17, 15) is 0 Å². The van der Waals surface area contributed by atoms with Crippen molar-refractivity contribution < 1.29 is 0 Å². The van der Waals surface area contributed by atoms with Crippen LogP contribution in [0.1, 0.15) is 25.0 Å². The fraction of sp³-hybridized carbons (Fsp3) is 0.467. The Morgan fingerprint density at radius 3 is 2.62 bits per heavy atom. The molecule has 0 fully saturated rings. The Kier molecular flexibility index (Phi) is 6.54. The Hall–Kier alpha value is -0.560. The molecule has 2 aromatic rings. The smallest absolute Gasteiger partial charge is 0.179 e. The van der Waals surface area contributed by atoms with E-state index < -0.39 is 0 Å². The summed E-state index contributed by atoms with van der Waals surface area (Å²) in [5.74, 6) is 0.683. The minimum absolute atomic E-state index is 0.683. The van der Waals surface area contributed by atoms with Gasteiger partial charge in [0.2, 0.25) is 0 Å². The normalized spacial score (nSPS) is 11.3. The first-order valence-electron chi connectivity index (χ1n) is 6.94. The number of aromatic nitrogens is 2. The molecule has 0 amide bonds. The molecule has 1 heterocycles. The van der Waals surface area contributed by atoms with Crippen molar-refractivity contribution in [2.45, 2.75) is 40.9 Å². The standard InChI is InChI=1S/C15H21N3S3/c1-10(2)8-16-9-12-5-6-13(7-11(12)3)20-15-18-17-14(19-4)21-15/h5-7,10,16H,8-9H2,1-4H3. The molecule has 0 aliphatic rings. The second-order valence-electron chi connectivity index (χ2n) is 5.25. The van der Waals surface area contributed by atoms with Crippen molar-refractivity contribution in [1.82, 2.24) is 15.5 Å². The van der Waals surface area contributed by atoms with Crippen molar-refractivity contribution in [1.29, 1.82) is 0 Å². The molecule has 0 spiro atoms. The SMILES string of the molecule is CSc1nnc(Sc2ccc(CNCC(C)C)c(C)c2)s1. The zero-order valence-corrected chi connectivity index (χ0v) is 15.3. The first-order valence-corrected chi connectivity index (χ1v) is 9.80. The van der Waals surface area contributed by atoms with E-state index in [1.807, 2.05) is 6.26 Å². The van der Waals surface area contributed by atoms with E-state index in [1.165, 1.54) is 16.0 Å². The molecule has 2 rings (SSSR count). The fourth-order valence-corrected chi connectivity index (χ4v) is 4.36. The molecule has 1 aromatic heterocycles. The van der Waals surface area contributed by atoms with Crippen molar-refractivity contribution >= 4 is 34.9 Å². The van der Waals surface area contributed by atoms with Crippen LogP contribution >= 0.6 is 34.9 Å².